The molecule has 1 aliphatic rings. The molecule has 1 saturated carbocycles. The van der Waals surface area contributed by atoms with Crippen LogP contribution < -0.4 is 0 Å². The lowest BCUT2D eigenvalue weighted by Gasteiger charge is -2.26. The van der Waals surface area contributed by atoms with Gasteiger partial charge in [-0.25, -0.2) is 0 Å². The number of hydrogen-bond acceptors (Lipinski definition) is 4. The van der Waals surface area contributed by atoms with Crippen LogP contribution in [0.1, 0.15) is 43.1 Å². The highest BCUT2D eigenvalue weighted by molar-refractivity contribution is 5.37. The van der Waals surface area contributed by atoms with Crippen LogP contribution in [0.3, 0.4) is 0 Å². The van der Waals surface area contributed by atoms with Crippen molar-refractivity contribution >= 4 is 0 Å². The average Bonchev–Trinajstić information content (AvgIpc) is 2.98. The molecule has 3 aromatic rings. The minimum Gasteiger partial charge on any atom is -0.338 e. The second-order valence-electron chi connectivity index (χ2n) is 8.45. The van der Waals surface area contributed by atoms with E-state index in [1.54, 1.807) is 0 Å². The second-order valence-corrected chi connectivity index (χ2v) is 8.45. The molecular formula is C23H27N3O. The van der Waals surface area contributed by atoms with Crippen molar-refractivity contribution in [2.75, 3.05) is 13.6 Å². The maximum Gasteiger partial charge on any atom is 0.240 e. The highest BCUT2D eigenvalue weighted by Crippen LogP contribution is 2.64. The topological polar surface area (TPSA) is 42.2 Å². The SMILES string of the molecule is CN(Cc1nc(Cc2ccccc2)no1)CC1(c2ccccc2)CC1(C)C. The molecule has 0 radical (unpaired) electrons. The van der Waals surface area contributed by atoms with Crippen molar-refractivity contribution in [3.63, 3.8) is 0 Å². The van der Waals surface area contributed by atoms with Gasteiger partial charge in [-0.05, 0) is 30.0 Å². The first kappa shape index (κ1) is 17.9. The van der Waals surface area contributed by atoms with Crippen LogP contribution in [-0.4, -0.2) is 28.6 Å². The third-order valence-corrected chi connectivity index (χ3v) is 5.90. The Morgan fingerprint density at radius 1 is 1.00 bits per heavy atom. The summed E-state index contributed by atoms with van der Waals surface area (Å²) < 4.78 is 5.50. The Kier molecular flexibility index (Phi) is 4.60. The molecule has 0 spiro atoms. The summed E-state index contributed by atoms with van der Waals surface area (Å²) in [6.07, 6.45) is 1.91. The molecule has 0 bridgehead atoms. The first-order chi connectivity index (χ1) is 13.0. The smallest absolute Gasteiger partial charge is 0.240 e. The minimum absolute atomic E-state index is 0.204. The van der Waals surface area contributed by atoms with E-state index in [-0.39, 0.29) is 5.41 Å². The van der Waals surface area contributed by atoms with Crippen LogP contribution in [-0.2, 0) is 18.4 Å². The zero-order valence-corrected chi connectivity index (χ0v) is 16.4. The molecule has 27 heavy (non-hydrogen) atoms. The van der Waals surface area contributed by atoms with Crippen LogP contribution in [0.4, 0.5) is 0 Å². The lowest BCUT2D eigenvalue weighted by atomic mass is 9.87. The first-order valence-corrected chi connectivity index (χ1v) is 9.58. The van der Waals surface area contributed by atoms with Gasteiger partial charge in [0, 0.05) is 18.4 Å². The quantitative estimate of drug-likeness (QED) is 0.623. The lowest BCUT2D eigenvalue weighted by Crippen LogP contribution is -2.32. The summed E-state index contributed by atoms with van der Waals surface area (Å²) in [6.45, 7) is 6.38. The Morgan fingerprint density at radius 3 is 2.26 bits per heavy atom. The molecule has 2 aromatic carbocycles. The van der Waals surface area contributed by atoms with E-state index >= 15 is 0 Å². The van der Waals surface area contributed by atoms with Gasteiger partial charge in [0.25, 0.3) is 0 Å². The normalized spacial score (nSPS) is 20.7. The summed E-state index contributed by atoms with van der Waals surface area (Å²) in [7, 11) is 2.14. The van der Waals surface area contributed by atoms with Gasteiger partial charge in [0.15, 0.2) is 5.82 Å². The van der Waals surface area contributed by atoms with Gasteiger partial charge in [0.05, 0.1) is 6.54 Å². The molecule has 1 aliphatic carbocycles. The molecule has 1 heterocycles. The highest BCUT2D eigenvalue weighted by Gasteiger charge is 2.61. The summed E-state index contributed by atoms with van der Waals surface area (Å²) in [6, 6.07) is 21.1. The maximum absolute atomic E-state index is 5.50. The Hall–Kier alpha value is -2.46. The molecule has 140 valence electrons. The van der Waals surface area contributed by atoms with Gasteiger partial charge in [-0.2, -0.15) is 4.98 Å². The largest absolute Gasteiger partial charge is 0.338 e. The molecular weight excluding hydrogens is 334 g/mol. The summed E-state index contributed by atoms with van der Waals surface area (Å²) in [5, 5.41) is 4.15. The van der Waals surface area contributed by atoms with Crippen molar-refractivity contribution in [2.24, 2.45) is 5.41 Å². The van der Waals surface area contributed by atoms with E-state index in [2.05, 4.69) is 78.4 Å². The van der Waals surface area contributed by atoms with Crippen LogP contribution in [0.15, 0.2) is 65.2 Å². The monoisotopic (exact) mass is 361 g/mol. The number of aromatic nitrogens is 2. The van der Waals surface area contributed by atoms with Crippen molar-refractivity contribution in [3.05, 3.63) is 83.5 Å². The zero-order chi connectivity index (χ0) is 18.9. The van der Waals surface area contributed by atoms with Gasteiger partial charge < -0.3 is 4.52 Å². The van der Waals surface area contributed by atoms with Gasteiger partial charge in [-0.15, -0.1) is 0 Å². The summed E-state index contributed by atoms with van der Waals surface area (Å²) in [5.41, 5.74) is 3.14. The average molecular weight is 361 g/mol. The standard InChI is InChI=1S/C23H27N3O/c1-22(2)16-23(22,19-12-8-5-9-13-19)17-26(3)15-21-24-20(25-27-21)14-18-10-6-4-7-11-18/h4-13H,14-17H2,1-3H3. The second kappa shape index (κ2) is 6.93. The van der Waals surface area contributed by atoms with Crippen molar-refractivity contribution in [1.29, 1.82) is 0 Å². The number of benzene rings is 2. The molecule has 1 unspecified atom stereocenters. The van der Waals surface area contributed by atoms with Gasteiger partial charge in [-0.1, -0.05) is 79.7 Å². The number of rotatable bonds is 7. The molecule has 4 heteroatoms. The fourth-order valence-corrected chi connectivity index (χ4v) is 4.27. The Labute approximate surface area is 161 Å². The Balaban J connectivity index is 1.42. The molecule has 0 aliphatic heterocycles. The van der Waals surface area contributed by atoms with E-state index in [9.17, 15) is 0 Å². The van der Waals surface area contributed by atoms with E-state index in [0.717, 1.165) is 12.4 Å². The van der Waals surface area contributed by atoms with Gasteiger partial charge in [0.2, 0.25) is 5.89 Å². The number of nitrogens with zero attached hydrogens (tertiary/aromatic N) is 3. The zero-order valence-electron chi connectivity index (χ0n) is 16.4. The molecule has 0 saturated heterocycles. The number of likely N-dealkylation sites (N-methyl/N-ethyl adjacent to an activating group) is 1. The predicted octanol–water partition coefficient (Wildman–Crippen LogP) is 4.46. The van der Waals surface area contributed by atoms with E-state index in [0.29, 0.717) is 24.3 Å². The van der Waals surface area contributed by atoms with Gasteiger partial charge in [-0.3, -0.25) is 4.90 Å². The van der Waals surface area contributed by atoms with Crippen molar-refractivity contribution in [2.45, 2.75) is 38.6 Å². The van der Waals surface area contributed by atoms with Crippen LogP contribution in [0.25, 0.3) is 0 Å². The van der Waals surface area contributed by atoms with Crippen molar-refractivity contribution in [3.8, 4) is 0 Å². The van der Waals surface area contributed by atoms with Crippen LogP contribution in [0.5, 0.6) is 0 Å². The predicted molar refractivity (Wildman–Crippen MR) is 106 cm³/mol. The minimum atomic E-state index is 0.204. The fraction of sp³-hybridized carbons (Fsp3) is 0.391. The van der Waals surface area contributed by atoms with Crippen molar-refractivity contribution in [1.82, 2.24) is 15.0 Å². The molecule has 0 N–H and O–H groups in total. The molecule has 1 atom stereocenters. The van der Waals surface area contributed by atoms with E-state index in [4.69, 9.17) is 4.52 Å². The van der Waals surface area contributed by atoms with Crippen LogP contribution >= 0.6 is 0 Å². The van der Waals surface area contributed by atoms with E-state index in [1.807, 2.05) is 18.2 Å². The van der Waals surface area contributed by atoms with E-state index < -0.39 is 0 Å². The fourth-order valence-electron chi connectivity index (χ4n) is 4.27. The third kappa shape index (κ3) is 3.67. The summed E-state index contributed by atoms with van der Waals surface area (Å²) in [5.74, 6) is 1.43. The number of hydrogen-bond donors (Lipinski definition) is 0. The van der Waals surface area contributed by atoms with Crippen LogP contribution in [0, 0.1) is 5.41 Å². The van der Waals surface area contributed by atoms with E-state index in [1.165, 1.54) is 17.5 Å². The lowest BCUT2D eigenvalue weighted by molar-refractivity contribution is 0.234. The Morgan fingerprint density at radius 2 is 1.63 bits per heavy atom. The van der Waals surface area contributed by atoms with Crippen molar-refractivity contribution < 1.29 is 4.52 Å². The van der Waals surface area contributed by atoms with Gasteiger partial charge >= 0.3 is 0 Å². The summed E-state index contributed by atoms with van der Waals surface area (Å²) in [4.78, 5) is 6.89. The third-order valence-electron chi connectivity index (χ3n) is 5.90. The molecule has 4 rings (SSSR count). The maximum atomic E-state index is 5.50. The Bertz CT molecular complexity index is 888. The van der Waals surface area contributed by atoms with Gasteiger partial charge in [0.1, 0.15) is 0 Å². The first-order valence-electron chi connectivity index (χ1n) is 9.58. The molecule has 0 amide bonds. The summed E-state index contributed by atoms with van der Waals surface area (Å²) >= 11 is 0. The molecule has 1 fully saturated rings. The molecule has 4 nitrogen and oxygen atoms in total. The molecule has 1 aromatic heterocycles. The highest BCUT2D eigenvalue weighted by atomic mass is 16.5. The van der Waals surface area contributed by atoms with Crippen LogP contribution in [0.2, 0.25) is 0 Å².